The Hall–Kier alpha value is -3.20. The molecule has 2 N–H and O–H groups in total. The second-order valence-electron chi connectivity index (χ2n) is 6.69. The van der Waals surface area contributed by atoms with Crippen molar-refractivity contribution in [2.45, 2.75) is 26.5 Å². The molecule has 2 heterocycles. The lowest BCUT2D eigenvalue weighted by molar-refractivity contribution is 0.0952. The fourth-order valence-corrected chi connectivity index (χ4v) is 2.80. The molecule has 0 bridgehead atoms. The summed E-state index contributed by atoms with van der Waals surface area (Å²) in [6.07, 6.45) is 3.31. The highest BCUT2D eigenvalue weighted by Crippen LogP contribution is 2.18. The van der Waals surface area contributed by atoms with Gasteiger partial charge >= 0.3 is 0 Å². The van der Waals surface area contributed by atoms with Gasteiger partial charge in [-0.3, -0.25) is 4.79 Å². The van der Waals surface area contributed by atoms with Crippen LogP contribution in [0.4, 0.5) is 5.82 Å². The van der Waals surface area contributed by atoms with E-state index in [4.69, 9.17) is 9.47 Å². The monoisotopic (exact) mass is 398 g/mol. The van der Waals surface area contributed by atoms with E-state index in [0.29, 0.717) is 43.3 Å². The number of hydrogen-bond donors (Lipinski definition) is 2. The first-order valence-corrected chi connectivity index (χ1v) is 9.52. The largest absolute Gasteiger partial charge is 0.491 e. The van der Waals surface area contributed by atoms with Crippen molar-refractivity contribution in [2.24, 2.45) is 0 Å². The molecule has 3 aromatic rings. The van der Waals surface area contributed by atoms with E-state index < -0.39 is 0 Å². The summed E-state index contributed by atoms with van der Waals surface area (Å²) in [5.74, 6) is 1.31. The number of methoxy groups -OCH3 is 1. The third-order valence-electron chi connectivity index (χ3n) is 4.13. The Bertz CT molecular complexity index is 939. The van der Waals surface area contributed by atoms with Gasteiger partial charge in [0, 0.05) is 25.8 Å². The first-order valence-electron chi connectivity index (χ1n) is 9.52. The lowest BCUT2D eigenvalue weighted by atomic mass is 10.2. The zero-order chi connectivity index (χ0) is 20.6. The number of nitrogens with one attached hydrogen (secondary N) is 2. The van der Waals surface area contributed by atoms with Crippen LogP contribution in [0.2, 0.25) is 0 Å². The first kappa shape index (κ1) is 20.5. The number of rotatable bonds is 10. The van der Waals surface area contributed by atoms with E-state index in [1.807, 2.05) is 13.8 Å². The van der Waals surface area contributed by atoms with E-state index in [1.54, 1.807) is 42.3 Å². The summed E-state index contributed by atoms with van der Waals surface area (Å²) in [4.78, 5) is 20.9. The smallest absolute Gasteiger partial charge is 0.251 e. The molecule has 29 heavy (non-hydrogen) atoms. The Labute approximate surface area is 169 Å². The molecular formula is C20H26N6O3. The summed E-state index contributed by atoms with van der Waals surface area (Å²) < 4.78 is 12.4. The number of nitrogens with zero attached hydrogens (tertiary/aromatic N) is 4. The Kier molecular flexibility index (Phi) is 6.96. The van der Waals surface area contributed by atoms with Crippen molar-refractivity contribution >= 4 is 22.8 Å². The number of carbonyl (C=O) groups is 1. The molecule has 1 amide bonds. The van der Waals surface area contributed by atoms with Gasteiger partial charge in [-0.25, -0.2) is 14.6 Å². The van der Waals surface area contributed by atoms with Gasteiger partial charge in [0.2, 0.25) is 0 Å². The average molecular weight is 398 g/mol. The van der Waals surface area contributed by atoms with Gasteiger partial charge < -0.3 is 20.1 Å². The standard InChI is InChI=1S/C20H26N6O3/c1-14(2)29-16-6-4-15(5-7-16)20(27)22-8-10-26-19-17(12-25-26)18(23-13-24-19)21-9-11-28-3/h4-7,12-14H,8-11H2,1-3H3,(H,22,27)(H,21,23,24). The molecule has 9 heteroatoms. The molecule has 0 radical (unpaired) electrons. The van der Waals surface area contributed by atoms with Crippen LogP contribution in [-0.4, -0.2) is 58.6 Å². The number of amides is 1. The van der Waals surface area contributed by atoms with Crippen LogP contribution in [0, 0.1) is 0 Å². The van der Waals surface area contributed by atoms with Crippen molar-refractivity contribution in [1.29, 1.82) is 0 Å². The van der Waals surface area contributed by atoms with Crippen molar-refractivity contribution in [2.75, 3.05) is 32.1 Å². The minimum Gasteiger partial charge on any atom is -0.491 e. The van der Waals surface area contributed by atoms with Gasteiger partial charge in [0.05, 0.1) is 30.8 Å². The highest BCUT2D eigenvalue weighted by Gasteiger charge is 2.10. The predicted octanol–water partition coefficient (Wildman–Crippen LogP) is 2.10. The summed E-state index contributed by atoms with van der Waals surface area (Å²) >= 11 is 0. The highest BCUT2D eigenvalue weighted by atomic mass is 16.5. The quantitative estimate of drug-likeness (QED) is 0.504. The third kappa shape index (κ3) is 5.41. The molecule has 0 fully saturated rings. The molecule has 9 nitrogen and oxygen atoms in total. The number of anilines is 1. The second kappa shape index (κ2) is 9.83. The first-order chi connectivity index (χ1) is 14.1. The van der Waals surface area contributed by atoms with Crippen LogP contribution < -0.4 is 15.4 Å². The molecule has 0 spiro atoms. The van der Waals surface area contributed by atoms with Crippen molar-refractivity contribution in [3.8, 4) is 5.75 Å². The predicted molar refractivity (Wildman–Crippen MR) is 110 cm³/mol. The number of hydrogen-bond acceptors (Lipinski definition) is 7. The van der Waals surface area contributed by atoms with Gasteiger partial charge in [-0.2, -0.15) is 5.10 Å². The fourth-order valence-electron chi connectivity index (χ4n) is 2.80. The van der Waals surface area contributed by atoms with Crippen molar-refractivity contribution in [3.05, 3.63) is 42.4 Å². The zero-order valence-corrected chi connectivity index (χ0v) is 16.9. The maximum absolute atomic E-state index is 12.3. The van der Waals surface area contributed by atoms with E-state index in [0.717, 1.165) is 11.1 Å². The van der Waals surface area contributed by atoms with Crippen LogP contribution in [0.3, 0.4) is 0 Å². The van der Waals surface area contributed by atoms with Crippen molar-refractivity contribution in [3.63, 3.8) is 0 Å². The minimum atomic E-state index is -0.144. The molecule has 2 aromatic heterocycles. The SMILES string of the molecule is COCCNc1ncnc2c1cnn2CCNC(=O)c1ccc(OC(C)C)cc1. The number of ether oxygens (including phenoxy) is 2. The Morgan fingerprint density at radius 3 is 2.69 bits per heavy atom. The van der Waals surface area contributed by atoms with Crippen LogP contribution in [0.1, 0.15) is 24.2 Å². The van der Waals surface area contributed by atoms with E-state index in [9.17, 15) is 4.79 Å². The molecule has 0 saturated heterocycles. The Morgan fingerprint density at radius 1 is 1.17 bits per heavy atom. The second-order valence-corrected chi connectivity index (χ2v) is 6.69. The Morgan fingerprint density at radius 2 is 1.97 bits per heavy atom. The summed E-state index contributed by atoms with van der Waals surface area (Å²) in [5, 5.41) is 11.3. The van der Waals surface area contributed by atoms with Gasteiger partial charge in [0.1, 0.15) is 17.9 Å². The van der Waals surface area contributed by atoms with E-state index in [-0.39, 0.29) is 12.0 Å². The molecule has 0 aliphatic carbocycles. The van der Waals surface area contributed by atoms with Crippen LogP contribution >= 0.6 is 0 Å². The number of aromatic nitrogens is 4. The minimum absolute atomic E-state index is 0.0954. The van der Waals surface area contributed by atoms with Gasteiger partial charge in [0.25, 0.3) is 5.91 Å². The molecular weight excluding hydrogens is 372 g/mol. The molecule has 0 saturated carbocycles. The van der Waals surface area contributed by atoms with Crippen LogP contribution in [0.5, 0.6) is 5.75 Å². The van der Waals surface area contributed by atoms with Gasteiger partial charge in [-0.15, -0.1) is 0 Å². The van der Waals surface area contributed by atoms with Crippen LogP contribution in [0.15, 0.2) is 36.8 Å². The van der Waals surface area contributed by atoms with Gasteiger partial charge in [-0.05, 0) is 38.1 Å². The van der Waals surface area contributed by atoms with Gasteiger partial charge in [0.15, 0.2) is 5.65 Å². The maximum atomic E-state index is 12.3. The van der Waals surface area contributed by atoms with E-state index in [1.165, 1.54) is 6.33 Å². The molecule has 3 rings (SSSR count). The summed E-state index contributed by atoms with van der Waals surface area (Å²) in [6, 6.07) is 7.10. The molecule has 1 aromatic carbocycles. The van der Waals surface area contributed by atoms with Gasteiger partial charge in [-0.1, -0.05) is 0 Å². The van der Waals surface area contributed by atoms with Crippen LogP contribution in [-0.2, 0) is 11.3 Å². The third-order valence-corrected chi connectivity index (χ3v) is 4.13. The van der Waals surface area contributed by atoms with Crippen molar-refractivity contribution in [1.82, 2.24) is 25.1 Å². The molecule has 0 unspecified atom stereocenters. The summed E-state index contributed by atoms with van der Waals surface area (Å²) in [6.45, 7) is 6.07. The van der Waals surface area contributed by atoms with Crippen molar-refractivity contribution < 1.29 is 14.3 Å². The fraction of sp³-hybridized carbons (Fsp3) is 0.400. The normalized spacial score (nSPS) is 11.0. The molecule has 154 valence electrons. The molecule has 0 aliphatic heterocycles. The Balaban J connectivity index is 1.56. The lowest BCUT2D eigenvalue weighted by Gasteiger charge is -2.10. The lowest BCUT2D eigenvalue weighted by Crippen LogP contribution is -2.27. The van der Waals surface area contributed by atoms with E-state index in [2.05, 4.69) is 25.7 Å². The molecule has 0 aliphatic rings. The van der Waals surface area contributed by atoms with E-state index >= 15 is 0 Å². The average Bonchev–Trinajstić information content (AvgIpc) is 3.12. The maximum Gasteiger partial charge on any atom is 0.251 e. The highest BCUT2D eigenvalue weighted by molar-refractivity contribution is 5.94. The topological polar surface area (TPSA) is 103 Å². The summed E-state index contributed by atoms with van der Waals surface area (Å²) in [5.41, 5.74) is 1.29. The zero-order valence-electron chi connectivity index (χ0n) is 16.9. The number of fused-ring (bicyclic) bond motifs is 1. The number of benzene rings is 1. The summed E-state index contributed by atoms with van der Waals surface area (Å²) in [7, 11) is 1.65. The molecule has 0 atom stereocenters. The van der Waals surface area contributed by atoms with Crippen LogP contribution in [0.25, 0.3) is 11.0 Å². The number of carbonyl (C=O) groups excluding carboxylic acids is 1.